The van der Waals surface area contributed by atoms with Crippen molar-refractivity contribution in [2.24, 2.45) is 5.92 Å². The Balaban J connectivity index is 1.90. The van der Waals surface area contributed by atoms with Crippen LogP contribution >= 0.6 is 11.3 Å². The number of rotatable bonds is 2. The van der Waals surface area contributed by atoms with Gasteiger partial charge in [0, 0.05) is 11.6 Å². The largest absolute Gasteiger partial charge is 0.380 e. The molecule has 0 unspecified atom stereocenters. The van der Waals surface area contributed by atoms with Gasteiger partial charge in [-0.2, -0.15) is 0 Å². The summed E-state index contributed by atoms with van der Waals surface area (Å²) in [5, 5.41) is 5.20. The third-order valence-corrected chi connectivity index (χ3v) is 2.36. The lowest BCUT2D eigenvalue weighted by atomic mass is 10.1. The third kappa shape index (κ3) is 1.46. The molecule has 0 bridgehead atoms. The quantitative estimate of drug-likeness (QED) is 0.737. The predicted octanol–water partition coefficient (Wildman–Crippen LogP) is 0.728. The van der Waals surface area contributed by atoms with E-state index in [1.807, 2.05) is 5.38 Å². The van der Waals surface area contributed by atoms with Gasteiger partial charge in [0.15, 0.2) is 5.13 Å². The number of nitrogens with zero attached hydrogens (tertiary/aromatic N) is 1. The molecule has 1 fully saturated rings. The maximum absolute atomic E-state index is 11.3. The number of hydrogen-bond donors (Lipinski definition) is 1. The first kappa shape index (κ1) is 7.70. The Kier molecular flexibility index (Phi) is 2.05. The lowest BCUT2D eigenvalue weighted by Gasteiger charge is -2.23. The number of amides is 1. The number of aromatic nitrogens is 1. The smallest absolute Gasteiger partial charge is 0.233 e. The minimum absolute atomic E-state index is 0.0104. The van der Waals surface area contributed by atoms with Gasteiger partial charge in [0.25, 0.3) is 0 Å². The van der Waals surface area contributed by atoms with Gasteiger partial charge in [-0.15, -0.1) is 11.3 Å². The standard InChI is InChI=1S/C7H8N2O2S/c10-6(5-3-11-4-5)9-7-8-1-2-12-7/h1-2,5H,3-4H2,(H,8,9,10). The highest BCUT2D eigenvalue weighted by atomic mass is 32.1. The zero-order valence-electron chi connectivity index (χ0n) is 6.32. The molecule has 1 N–H and O–H groups in total. The molecule has 2 heterocycles. The number of anilines is 1. The molecular formula is C7H8N2O2S. The van der Waals surface area contributed by atoms with Crippen molar-refractivity contribution in [3.63, 3.8) is 0 Å². The van der Waals surface area contributed by atoms with E-state index in [-0.39, 0.29) is 11.8 Å². The molecule has 1 aromatic rings. The van der Waals surface area contributed by atoms with E-state index in [4.69, 9.17) is 4.74 Å². The van der Waals surface area contributed by atoms with Crippen molar-refractivity contribution in [2.45, 2.75) is 0 Å². The summed E-state index contributed by atoms with van der Waals surface area (Å²) < 4.78 is 4.90. The number of carbonyl (C=O) groups is 1. The summed E-state index contributed by atoms with van der Waals surface area (Å²) in [6, 6.07) is 0. The maximum atomic E-state index is 11.3. The van der Waals surface area contributed by atoms with Gasteiger partial charge in [-0.3, -0.25) is 4.79 Å². The first-order valence-electron chi connectivity index (χ1n) is 3.64. The average Bonchev–Trinajstić information content (AvgIpc) is 2.34. The Bertz CT molecular complexity index is 269. The molecule has 0 saturated carbocycles. The van der Waals surface area contributed by atoms with Crippen LogP contribution in [0.5, 0.6) is 0 Å². The van der Waals surface area contributed by atoms with E-state index in [1.165, 1.54) is 11.3 Å². The van der Waals surface area contributed by atoms with Crippen molar-refractivity contribution in [1.29, 1.82) is 0 Å². The molecular weight excluding hydrogens is 176 g/mol. The van der Waals surface area contributed by atoms with E-state index in [0.29, 0.717) is 18.3 Å². The monoisotopic (exact) mass is 184 g/mol. The Morgan fingerprint density at radius 3 is 3.08 bits per heavy atom. The van der Waals surface area contributed by atoms with E-state index in [1.54, 1.807) is 6.20 Å². The summed E-state index contributed by atoms with van der Waals surface area (Å²) in [7, 11) is 0. The zero-order chi connectivity index (χ0) is 8.39. The fourth-order valence-electron chi connectivity index (χ4n) is 0.880. The van der Waals surface area contributed by atoms with Crippen molar-refractivity contribution in [3.05, 3.63) is 11.6 Å². The summed E-state index contributed by atoms with van der Waals surface area (Å²) in [6.07, 6.45) is 1.66. The fourth-order valence-corrected chi connectivity index (χ4v) is 1.41. The average molecular weight is 184 g/mol. The van der Waals surface area contributed by atoms with E-state index >= 15 is 0 Å². The zero-order valence-corrected chi connectivity index (χ0v) is 7.13. The molecule has 1 amide bonds. The molecule has 0 spiro atoms. The normalized spacial score (nSPS) is 17.0. The molecule has 2 rings (SSSR count). The van der Waals surface area contributed by atoms with Crippen molar-refractivity contribution in [2.75, 3.05) is 18.5 Å². The number of ether oxygens (including phenoxy) is 1. The second-order valence-corrected chi connectivity index (χ2v) is 3.46. The predicted molar refractivity (Wildman–Crippen MR) is 45.1 cm³/mol. The summed E-state index contributed by atoms with van der Waals surface area (Å²) in [4.78, 5) is 15.2. The van der Waals surface area contributed by atoms with Crippen LogP contribution in [0.3, 0.4) is 0 Å². The van der Waals surface area contributed by atoms with Gasteiger partial charge >= 0.3 is 0 Å². The minimum atomic E-state index is 0.0104. The van der Waals surface area contributed by atoms with Gasteiger partial charge < -0.3 is 10.1 Å². The molecule has 12 heavy (non-hydrogen) atoms. The van der Waals surface area contributed by atoms with Crippen LogP contribution in [0, 0.1) is 5.92 Å². The number of hydrogen-bond acceptors (Lipinski definition) is 4. The molecule has 1 saturated heterocycles. The molecule has 1 aliphatic rings. The Morgan fingerprint density at radius 2 is 2.58 bits per heavy atom. The van der Waals surface area contributed by atoms with Gasteiger partial charge in [-0.25, -0.2) is 4.98 Å². The highest BCUT2D eigenvalue weighted by molar-refractivity contribution is 7.13. The van der Waals surface area contributed by atoms with E-state index < -0.39 is 0 Å². The second-order valence-electron chi connectivity index (χ2n) is 2.56. The molecule has 1 aliphatic heterocycles. The van der Waals surface area contributed by atoms with Crippen molar-refractivity contribution >= 4 is 22.4 Å². The Hall–Kier alpha value is -0.940. The summed E-state index contributed by atoms with van der Waals surface area (Å²) in [5.41, 5.74) is 0. The molecule has 5 heteroatoms. The van der Waals surface area contributed by atoms with Gasteiger partial charge in [0.05, 0.1) is 19.1 Å². The van der Waals surface area contributed by atoms with E-state index in [2.05, 4.69) is 10.3 Å². The highest BCUT2D eigenvalue weighted by Crippen LogP contribution is 2.15. The van der Waals surface area contributed by atoms with Crippen molar-refractivity contribution in [1.82, 2.24) is 4.98 Å². The maximum Gasteiger partial charge on any atom is 0.233 e. The summed E-state index contributed by atoms with van der Waals surface area (Å²) in [6.45, 7) is 1.08. The van der Waals surface area contributed by atoms with E-state index in [9.17, 15) is 4.79 Å². The lowest BCUT2D eigenvalue weighted by molar-refractivity contribution is -0.133. The number of thiazole rings is 1. The Morgan fingerprint density at radius 1 is 1.75 bits per heavy atom. The summed E-state index contributed by atoms with van der Waals surface area (Å²) in [5.74, 6) is 0.0325. The molecule has 4 nitrogen and oxygen atoms in total. The minimum Gasteiger partial charge on any atom is -0.380 e. The highest BCUT2D eigenvalue weighted by Gasteiger charge is 2.26. The van der Waals surface area contributed by atoms with Crippen LogP contribution in [0.2, 0.25) is 0 Å². The van der Waals surface area contributed by atoms with Gasteiger partial charge in [-0.1, -0.05) is 0 Å². The van der Waals surface area contributed by atoms with Gasteiger partial charge in [0.2, 0.25) is 5.91 Å². The van der Waals surface area contributed by atoms with Crippen LogP contribution in [0.15, 0.2) is 11.6 Å². The molecule has 1 aromatic heterocycles. The van der Waals surface area contributed by atoms with Crippen LogP contribution in [0.25, 0.3) is 0 Å². The first-order valence-corrected chi connectivity index (χ1v) is 4.52. The van der Waals surface area contributed by atoms with Crippen LogP contribution in [-0.4, -0.2) is 24.1 Å². The van der Waals surface area contributed by atoms with Gasteiger partial charge in [-0.05, 0) is 0 Å². The van der Waals surface area contributed by atoms with E-state index in [0.717, 1.165) is 0 Å². The number of carbonyl (C=O) groups excluding carboxylic acids is 1. The third-order valence-electron chi connectivity index (χ3n) is 1.67. The molecule has 0 radical (unpaired) electrons. The molecule has 0 aromatic carbocycles. The fraction of sp³-hybridized carbons (Fsp3) is 0.429. The van der Waals surface area contributed by atoms with Crippen LogP contribution in [-0.2, 0) is 9.53 Å². The number of nitrogens with one attached hydrogen (secondary N) is 1. The SMILES string of the molecule is O=C(Nc1nccs1)C1COC1. The topological polar surface area (TPSA) is 51.2 Å². The lowest BCUT2D eigenvalue weighted by Crippen LogP contribution is -2.38. The summed E-state index contributed by atoms with van der Waals surface area (Å²) >= 11 is 1.42. The molecule has 0 aliphatic carbocycles. The first-order chi connectivity index (χ1) is 5.86. The van der Waals surface area contributed by atoms with Crippen LogP contribution in [0.1, 0.15) is 0 Å². The molecule has 64 valence electrons. The molecule has 0 atom stereocenters. The van der Waals surface area contributed by atoms with Crippen LogP contribution in [0.4, 0.5) is 5.13 Å². The van der Waals surface area contributed by atoms with Gasteiger partial charge in [0.1, 0.15) is 0 Å². The van der Waals surface area contributed by atoms with Crippen LogP contribution < -0.4 is 5.32 Å². The Labute approximate surface area is 73.6 Å². The second kappa shape index (κ2) is 3.20. The van der Waals surface area contributed by atoms with Crippen molar-refractivity contribution in [3.8, 4) is 0 Å². The van der Waals surface area contributed by atoms with Crippen molar-refractivity contribution < 1.29 is 9.53 Å².